The summed E-state index contributed by atoms with van der Waals surface area (Å²) in [7, 11) is 0. The van der Waals surface area contributed by atoms with E-state index < -0.39 is 22.6 Å². The lowest BCUT2D eigenvalue weighted by Crippen LogP contribution is -2.32. The summed E-state index contributed by atoms with van der Waals surface area (Å²) in [6.45, 7) is 0.794. The van der Waals surface area contributed by atoms with Crippen molar-refractivity contribution in [2.24, 2.45) is 0 Å². The third-order valence-corrected chi connectivity index (χ3v) is 5.33. The molecule has 3 aromatic carbocycles. The van der Waals surface area contributed by atoms with Crippen LogP contribution in [-0.2, 0) is 9.59 Å². The van der Waals surface area contributed by atoms with Crippen molar-refractivity contribution in [2.75, 3.05) is 23.4 Å². The first-order valence-corrected chi connectivity index (χ1v) is 10.2. The van der Waals surface area contributed by atoms with Crippen molar-refractivity contribution in [1.29, 1.82) is 0 Å². The molecule has 2 aliphatic rings. The Morgan fingerprint density at radius 1 is 0.912 bits per heavy atom. The maximum absolute atomic E-state index is 13.9. The minimum Gasteiger partial charge on any atom is -0.486 e. The van der Waals surface area contributed by atoms with Gasteiger partial charge < -0.3 is 14.8 Å². The van der Waals surface area contributed by atoms with Gasteiger partial charge in [0.1, 0.15) is 24.7 Å². The molecule has 9 nitrogen and oxygen atoms in total. The Bertz CT molecular complexity index is 1370. The Balaban J connectivity index is 1.59. The lowest BCUT2D eigenvalue weighted by molar-refractivity contribution is -0.384. The standard InChI is InChI=1S/C24H16FN3O6/c25-15-2-1-3-18(12-15)27-23(29)21(14-4-7-17(8-5-14)28(31)32)22(24(27)30)26-16-6-9-19-20(13-16)34-11-10-33-19/h1-9,12-13,26H,10-11H2. The first-order valence-electron chi connectivity index (χ1n) is 10.2. The van der Waals surface area contributed by atoms with E-state index in [9.17, 15) is 24.1 Å². The van der Waals surface area contributed by atoms with Gasteiger partial charge in [0.25, 0.3) is 17.5 Å². The lowest BCUT2D eigenvalue weighted by atomic mass is 10.0. The van der Waals surface area contributed by atoms with Gasteiger partial charge in [0.2, 0.25) is 0 Å². The van der Waals surface area contributed by atoms with E-state index in [-0.39, 0.29) is 22.6 Å². The van der Waals surface area contributed by atoms with E-state index in [0.29, 0.717) is 36.0 Å². The van der Waals surface area contributed by atoms with Crippen LogP contribution in [0.25, 0.3) is 5.57 Å². The van der Waals surface area contributed by atoms with Crippen molar-refractivity contribution in [3.05, 3.63) is 93.9 Å². The molecule has 0 aliphatic carbocycles. The summed E-state index contributed by atoms with van der Waals surface area (Å²) in [5.41, 5.74) is 0.598. The van der Waals surface area contributed by atoms with Crippen molar-refractivity contribution < 1.29 is 28.4 Å². The average Bonchev–Trinajstić information content (AvgIpc) is 3.08. The average molecular weight is 461 g/mol. The second-order valence-electron chi connectivity index (χ2n) is 7.46. The van der Waals surface area contributed by atoms with Gasteiger partial charge in [0.15, 0.2) is 11.5 Å². The zero-order chi connectivity index (χ0) is 23.8. The van der Waals surface area contributed by atoms with Gasteiger partial charge in [-0.3, -0.25) is 19.7 Å². The number of amides is 2. The molecule has 5 rings (SSSR count). The number of hydrogen-bond acceptors (Lipinski definition) is 7. The number of anilines is 2. The fourth-order valence-corrected chi connectivity index (χ4v) is 3.78. The van der Waals surface area contributed by atoms with Gasteiger partial charge in [-0.1, -0.05) is 6.07 Å². The highest BCUT2D eigenvalue weighted by Gasteiger charge is 2.40. The molecule has 0 fully saturated rings. The highest BCUT2D eigenvalue weighted by atomic mass is 19.1. The molecular formula is C24H16FN3O6. The molecule has 0 unspecified atom stereocenters. The first-order chi connectivity index (χ1) is 16.4. The predicted molar refractivity (Wildman–Crippen MR) is 120 cm³/mol. The Hall–Kier alpha value is -4.73. The van der Waals surface area contributed by atoms with Crippen molar-refractivity contribution >= 4 is 34.4 Å². The van der Waals surface area contributed by atoms with Crippen molar-refractivity contribution in [1.82, 2.24) is 0 Å². The Morgan fingerprint density at radius 2 is 1.65 bits per heavy atom. The fraction of sp³-hybridized carbons (Fsp3) is 0.0833. The number of imide groups is 1. The smallest absolute Gasteiger partial charge is 0.282 e. The third-order valence-electron chi connectivity index (χ3n) is 5.33. The first kappa shape index (κ1) is 21.1. The van der Waals surface area contributed by atoms with Crippen LogP contribution < -0.4 is 19.7 Å². The second kappa shape index (κ2) is 8.32. The summed E-state index contributed by atoms with van der Waals surface area (Å²) >= 11 is 0. The summed E-state index contributed by atoms with van der Waals surface area (Å²) in [4.78, 5) is 38.1. The summed E-state index contributed by atoms with van der Waals surface area (Å²) in [6.07, 6.45) is 0. The molecule has 2 heterocycles. The van der Waals surface area contributed by atoms with Gasteiger partial charge in [-0.15, -0.1) is 0 Å². The number of nitro groups is 1. The number of carbonyl (C=O) groups is 2. The summed E-state index contributed by atoms with van der Waals surface area (Å²) < 4.78 is 24.9. The van der Waals surface area contributed by atoms with E-state index in [2.05, 4.69) is 5.32 Å². The number of non-ortho nitro benzene ring substituents is 1. The highest BCUT2D eigenvalue weighted by Crippen LogP contribution is 2.37. The molecule has 0 radical (unpaired) electrons. The molecule has 2 amide bonds. The van der Waals surface area contributed by atoms with E-state index >= 15 is 0 Å². The van der Waals surface area contributed by atoms with E-state index in [1.54, 1.807) is 18.2 Å². The maximum atomic E-state index is 13.9. The lowest BCUT2D eigenvalue weighted by Gasteiger charge is -2.19. The van der Waals surface area contributed by atoms with E-state index in [4.69, 9.17) is 9.47 Å². The Labute approximate surface area is 192 Å². The molecule has 0 aromatic heterocycles. The molecule has 0 atom stereocenters. The Morgan fingerprint density at radius 3 is 2.35 bits per heavy atom. The van der Waals surface area contributed by atoms with Crippen LogP contribution in [0.2, 0.25) is 0 Å². The predicted octanol–water partition coefficient (Wildman–Crippen LogP) is 3.90. The Kier molecular flexibility index (Phi) is 5.17. The number of hydrogen-bond donors (Lipinski definition) is 1. The van der Waals surface area contributed by atoms with Crippen LogP contribution in [-0.4, -0.2) is 30.0 Å². The van der Waals surface area contributed by atoms with Crippen LogP contribution in [0.5, 0.6) is 11.5 Å². The van der Waals surface area contributed by atoms with Crippen LogP contribution in [0.3, 0.4) is 0 Å². The van der Waals surface area contributed by atoms with Gasteiger partial charge in [-0.25, -0.2) is 9.29 Å². The highest BCUT2D eigenvalue weighted by molar-refractivity contribution is 6.46. The number of carbonyl (C=O) groups excluding carboxylic acids is 2. The number of fused-ring (bicyclic) bond motifs is 1. The van der Waals surface area contributed by atoms with Gasteiger partial charge in [-0.05, 0) is 48.0 Å². The number of nitrogens with zero attached hydrogens (tertiary/aromatic N) is 2. The number of halogens is 1. The quantitative estimate of drug-likeness (QED) is 0.348. The number of benzene rings is 3. The SMILES string of the molecule is O=C1C(Nc2ccc3c(c2)OCCO3)=C(c2ccc([N+](=O)[O-])cc2)C(=O)N1c1cccc(F)c1. The summed E-state index contributed by atoms with van der Waals surface area (Å²) in [5.74, 6) is -0.962. The molecule has 2 aliphatic heterocycles. The molecule has 170 valence electrons. The molecule has 10 heteroatoms. The summed E-state index contributed by atoms with van der Waals surface area (Å²) in [6, 6.07) is 15.4. The number of nitrogens with one attached hydrogen (secondary N) is 1. The second-order valence-corrected chi connectivity index (χ2v) is 7.46. The van der Waals surface area contributed by atoms with Crippen LogP contribution >= 0.6 is 0 Å². The maximum Gasteiger partial charge on any atom is 0.282 e. The van der Waals surface area contributed by atoms with Gasteiger partial charge >= 0.3 is 0 Å². The van der Waals surface area contributed by atoms with Gasteiger partial charge in [0, 0.05) is 23.9 Å². The number of rotatable bonds is 5. The molecule has 0 spiro atoms. The van der Waals surface area contributed by atoms with Crippen LogP contribution in [0, 0.1) is 15.9 Å². The molecular weight excluding hydrogens is 445 g/mol. The molecule has 3 aromatic rings. The van der Waals surface area contributed by atoms with Crippen molar-refractivity contribution in [3.8, 4) is 11.5 Å². The molecule has 0 saturated heterocycles. The third kappa shape index (κ3) is 3.71. The van der Waals surface area contributed by atoms with Crippen molar-refractivity contribution in [3.63, 3.8) is 0 Å². The zero-order valence-electron chi connectivity index (χ0n) is 17.5. The monoisotopic (exact) mass is 461 g/mol. The zero-order valence-corrected chi connectivity index (χ0v) is 17.5. The minimum absolute atomic E-state index is 0.000881. The fourth-order valence-electron chi connectivity index (χ4n) is 3.78. The molecule has 34 heavy (non-hydrogen) atoms. The van der Waals surface area contributed by atoms with Crippen molar-refractivity contribution in [2.45, 2.75) is 0 Å². The topological polar surface area (TPSA) is 111 Å². The number of nitro benzene ring substituents is 1. The largest absolute Gasteiger partial charge is 0.486 e. The normalized spacial score (nSPS) is 15.0. The van der Waals surface area contributed by atoms with Crippen LogP contribution in [0.1, 0.15) is 5.56 Å². The summed E-state index contributed by atoms with van der Waals surface area (Å²) in [5, 5.41) is 14.0. The van der Waals surface area contributed by atoms with Crippen LogP contribution in [0.4, 0.5) is 21.5 Å². The molecule has 0 saturated carbocycles. The van der Waals surface area contributed by atoms with E-state index in [0.717, 1.165) is 11.0 Å². The minimum atomic E-state index is -0.696. The van der Waals surface area contributed by atoms with E-state index in [1.165, 1.54) is 42.5 Å². The number of ether oxygens (including phenoxy) is 2. The molecule has 1 N–H and O–H groups in total. The van der Waals surface area contributed by atoms with E-state index in [1.807, 2.05) is 0 Å². The van der Waals surface area contributed by atoms with Gasteiger partial charge in [-0.2, -0.15) is 0 Å². The molecule has 0 bridgehead atoms. The van der Waals surface area contributed by atoms with Gasteiger partial charge in [0.05, 0.1) is 16.2 Å². The van der Waals surface area contributed by atoms with Crippen LogP contribution in [0.15, 0.2) is 72.4 Å².